The molecule has 6 heteroatoms. The Bertz CT molecular complexity index is 464. The summed E-state index contributed by atoms with van der Waals surface area (Å²) in [5.41, 5.74) is 0.483. The molecule has 0 radical (unpaired) electrons. The van der Waals surface area contributed by atoms with Gasteiger partial charge in [-0.3, -0.25) is 9.67 Å². The zero-order valence-corrected chi connectivity index (χ0v) is 16.1. The quantitative estimate of drug-likeness (QED) is 0.363. The van der Waals surface area contributed by atoms with Gasteiger partial charge in [-0.05, 0) is 26.3 Å². The summed E-state index contributed by atoms with van der Waals surface area (Å²) in [6.45, 7) is 12.1. The number of hydrogen-bond donors (Lipinski definition) is 1. The SMILES string of the molecule is CN=C(NCCCn1cccn1)N1CC(C)(C)C1(C)C.I. The third kappa shape index (κ3) is 3.70. The molecule has 120 valence electrons. The Morgan fingerprint density at radius 2 is 2.05 bits per heavy atom. The summed E-state index contributed by atoms with van der Waals surface area (Å²) in [5, 5.41) is 7.67. The van der Waals surface area contributed by atoms with Crippen molar-refractivity contribution < 1.29 is 0 Å². The second kappa shape index (κ2) is 6.98. The maximum Gasteiger partial charge on any atom is 0.194 e. The van der Waals surface area contributed by atoms with Gasteiger partial charge in [-0.15, -0.1) is 24.0 Å². The van der Waals surface area contributed by atoms with E-state index >= 15 is 0 Å². The normalized spacial score (nSPS) is 19.7. The molecule has 0 bridgehead atoms. The van der Waals surface area contributed by atoms with Crippen molar-refractivity contribution >= 4 is 29.9 Å². The highest BCUT2D eigenvalue weighted by Crippen LogP contribution is 2.46. The summed E-state index contributed by atoms with van der Waals surface area (Å²) < 4.78 is 1.96. The topological polar surface area (TPSA) is 45.5 Å². The van der Waals surface area contributed by atoms with E-state index in [1.807, 2.05) is 30.2 Å². The van der Waals surface area contributed by atoms with Crippen LogP contribution in [0.5, 0.6) is 0 Å². The van der Waals surface area contributed by atoms with Crippen molar-refractivity contribution in [3.8, 4) is 0 Å². The third-order valence-corrected chi connectivity index (χ3v) is 4.76. The van der Waals surface area contributed by atoms with E-state index in [2.05, 4.69) is 48.0 Å². The summed E-state index contributed by atoms with van der Waals surface area (Å²) in [6.07, 6.45) is 4.85. The number of hydrogen-bond acceptors (Lipinski definition) is 2. The third-order valence-electron chi connectivity index (χ3n) is 4.76. The number of nitrogens with one attached hydrogen (secondary N) is 1. The average Bonchev–Trinajstić information content (AvgIpc) is 2.90. The van der Waals surface area contributed by atoms with Crippen LogP contribution in [0, 0.1) is 5.41 Å². The maximum atomic E-state index is 4.41. The van der Waals surface area contributed by atoms with Gasteiger partial charge in [-0.1, -0.05) is 13.8 Å². The molecule has 0 unspecified atom stereocenters. The van der Waals surface area contributed by atoms with Gasteiger partial charge >= 0.3 is 0 Å². The molecule has 1 aliphatic heterocycles. The van der Waals surface area contributed by atoms with Crippen LogP contribution in [0.3, 0.4) is 0 Å². The zero-order valence-electron chi connectivity index (χ0n) is 13.8. The molecule has 1 fully saturated rings. The molecular weight excluding hydrogens is 377 g/mol. The zero-order chi connectivity index (χ0) is 14.8. The Labute approximate surface area is 145 Å². The molecule has 1 aromatic heterocycles. The van der Waals surface area contributed by atoms with Crippen molar-refractivity contribution in [1.29, 1.82) is 0 Å². The predicted octanol–water partition coefficient (Wildman–Crippen LogP) is 2.59. The summed E-state index contributed by atoms with van der Waals surface area (Å²) in [4.78, 5) is 6.78. The lowest BCUT2D eigenvalue weighted by atomic mass is 9.65. The molecule has 0 saturated carbocycles. The predicted molar refractivity (Wildman–Crippen MR) is 98.2 cm³/mol. The van der Waals surface area contributed by atoms with E-state index in [1.165, 1.54) is 0 Å². The van der Waals surface area contributed by atoms with Crippen molar-refractivity contribution in [2.24, 2.45) is 10.4 Å². The molecule has 1 saturated heterocycles. The molecule has 0 atom stereocenters. The lowest BCUT2D eigenvalue weighted by Gasteiger charge is -2.62. The first kappa shape index (κ1) is 18.3. The molecule has 21 heavy (non-hydrogen) atoms. The summed E-state index contributed by atoms with van der Waals surface area (Å²) in [6, 6.07) is 1.96. The number of halogens is 1. The van der Waals surface area contributed by atoms with Gasteiger partial charge in [0.15, 0.2) is 5.96 Å². The van der Waals surface area contributed by atoms with Crippen LogP contribution >= 0.6 is 24.0 Å². The molecular formula is C15H28IN5. The fourth-order valence-corrected chi connectivity index (χ4v) is 2.57. The molecule has 5 nitrogen and oxygen atoms in total. The van der Waals surface area contributed by atoms with Gasteiger partial charge < -0.3 is 10.2 Å². The molecule has 2 rings (SSSR count). The van der Waals surface area contributed by atoms with Crippen molar-refractivity contribution in [2.75, 3.05) is 20.1 Å². The maximum absolute atomic E-state index is 4.41. The number of nitrogens with zero attached hydrogens (tertiary/aromatic N) is 4. The van der Waals surface area contributed by atoms with Crippen LogP contribution in [-0.2, 0) is 6.54 Å². The molecule has 0 aromatic carbocycles. The number of aryl methyl sites for hydroxylation is 1. The second-order valence-electron chi connectivity index (χ2n) is 6.63. The first-order valence-corrected chi connectivity index (χ1v) is 7.34. The summed E-state index contributed by atoms with van der Waals surface area (Å²) >= 11 is 0. The second-order valence-corrected chi connectivity index (χ2v) is 6.63. The molecule has 0 amide bonds. The minimum Gasteiger partial charge on any atom is -0.356 e. The smallest absolute Gasteiger partial charge is 0.194 e. The highest BCUT2D eigenvalue weighted by molar-refractivity contribution is 14.0. The van der Waals surface area contributed by atoms with Crippen molar-refractivity contribution in [3.05, 3.63) is 18.5 Å². The largest absolute Gasteiger partial charge is 0.356 e. The Kier molecular flexibility index (Phi) is 6.07. The number of aliphatic imine (C=N–C) groups is 1. The highest BCUT2D eigenvalue weighted by atomic mass is 127. The van der Waals surface area contributed by atoms with E-state index in [0.29, 0.717) is 5.41 Å². The van der Waals surface area contributed by atoms with Crippen molar-refractivity contribution in [1.82, 2.24) is 20.0 Å². The van der Waals surface area contributed by atoms with E-state index in [1.54, 1.807) is 0 Å². The van der Waals surface area contributed by atoms with Crippen LogP contribution in [0.15, 0.2) is 23.5 Å². The van der Waals surface area contributed by atoms with Gasteiger partial charge in [0, 0.05) is 50.0 Å². The number of aromatic nitrogens is 2. The number of rotatable bonds is 4. The Morgan fingerprint density at radius 3 is 2.52 bits per heavy atom. The van der Waals surface area contributed by atoms with Gasteiger partial charge in [0.1, 0.15) is 0 Å². The van der Waals surface area contributed by atoms with Gasteiger partial charge in [0.25, 0.3) is 0 Å². The van der Waals surface area contributed by atoms with Gasteiger partial charge in [0.2, 0.25) is 0 Å². The van der Waals surface area contributed by atoms with E-state index in [4.69, 9.17) is 0 Å². The van der Waals surface area contributed by atoms with Gasteiger partial charge in [-0.2, -0.15) is 5.10 Å². The van der Waals surface area contributed by atoms with E-state index in [9.17, 15) is 0 Å². The van der Waals surface area contributed by atoms with E-state index in [-0.39, 0.29) is 29.5 Å². The summed E-state index contributed by atoms with van der Waals surface area (Å²) in [5.74, 6) is 1.01. The van der Waals surface area contributed by atoms with Crippen LogP contribution < -0.4 is 5.32 Å². The molecule has 1 aromatic rings. The van der Waals surface area contributed by atoms with E-state index in [0.717, 1.165) is 32.0 Å². The van der Waals surface area contributed by atoms with Gasteiger partial charge in [-0.25, -0.2) is 0 Å². The monoisotopic (exact) mass is 405 g/mol. The lowest BCUT2D eigenvalue weighted by Crippen LogP contribution is -2.72. The Balaban J connectivity index is 0.00000220. The van der Waals surface area contributed by atoms with Crippen molar-refractivity contribution in [3.63, 3.8) is 0 Å². The Hall–Kier alpha value is -0.790. The molecule has 0 aliphatic carbocycles. The van der Waals surface area contributed by atoms with Crippen LogP contribution in [0.25, 0.3) is 0 Å². The van der Waals surface area contributed by atoms with Crippen molar-refractivity contribution in [2.45, 2.75) is 46.2 Å². The van der Waals surface area contributed by atoms with Gasteiger partial charge in [0.05, 0.1) is 0 Å². The molecule has 0 spiro atoms. The Morgan fingerprint density at radius 1 is 1.33 bits per heavy atom. The van der Waals surface area contributed by atoms with Crippen LogP contribution in [-0.4, -0.2) is 46.3 Å². The number of guanidine groups is 1. The first-order valence-electron chi connectivity index (χ1n) is 7.34. The average molecular weight is 405 g/mol. The fraction of sp³-hybridized carbons (Fsp3) is 0.733. The minimum atomic E-state index is 0. The van der Waals surface area contributed by atoms with E-state index < -0.39 is 0 Å². The molecule has 1 N–H and O–H groups in total. The minimum absolute atomic E-state index is 0. The lowest BCUT2D eigenvalue weighted by molar-refractivity contribution is -0.0667. The van der Waals surface area contributed by atoms with Crippen LogP contribution in [0.4, 0.5) is 0 Å². The molecule has 2 heterocycles. The standard InChI is InChI=1S/C15H27N5.HI/c1-14(2)12-20(15(14,3)4)13(16-5)17-8-6-10-19-11-7-9-18-19;/h7,9,11H,6,8,10,12H2,1-5H3,(H,16,17);1H. The summed E-state index contributed by atoms with van der Waals surface area (Å²) in [7, 11) is 1.86. The van der Waals surface area contributed by atoms with Crippen LogP contribution in [0.1, 0.15) is 34.1 Å². The highest BCUT2D eigenvalue weighted by Gasteiger charge is 2.53. The fourth-order valence-electron chi connectivity index (χ4n) is 2.57. The van der Waals surface area contributed by atoms with Crippen LogP contribution in [0.2, 0.25) is 0 Å². The molecule has 1 aliphatic rings. The number of likely N-dealkylation sites (tertiary alicyclic amines) is 1. The first-order chi connectivity index (χ1) is 9.38.